The predicted octanol–water partition coefficient (Wildman–Crippen LogP) is 2.14. The summed E-state index contributed by atoms with van der Waals surface area (Å²) < 4.78 is 5.39. The van der Waals surface area contributed by atoms with Crippen LogP contribution in [0.2, 0.25) is 0 Å². The average Bonchev–Trinajstić information content (AvgIpc) is 2.39. The fraction of sp³-hybridized carbons (Fsp3) is 0.533. The van der Waals surface area contributed by atoms with Gasteiger partial charge in [-0.1, -0.05) is 11.6 Å². The molecule has 104 valence electrons. The van der Waals surface area contributed by atoms with E-state index >= 15 is 0 Å². The van der Waals surface area contributed by atoms with Crippen LogP contribution >= 0.6 is 0 Å². The zero-order valence-electron chi connectivity index (χ0n) is 11.8. The van der Waals surface area contributed by atoms with Gasteiger partial charge in [-0.15, -0.1) is 0 Å². The van der Waals surface area contributed by atoms with Crippen molar-refractivity contribution in [2.45, 2.75) is 19.8 Å². The van der Waals surface area contributed by atoms with Gasteiger partial charge in [0.15, 0.2) is 0 Å². The molecule has 2 rings (SSSR count). The van der Waals surface area contributed by atoms with E-state index in [9.17, 15) is 0 Å². The molecule has 1 aromatic rings. The molecule has 0 amide bonds. The highest BCUT2D eigenvalue weighted by Gasteiger charge is 2.18. The van der Waals surface area contributed by atoms with E-state index < -0.39 is 0 Å². The highest BCUT2D eigenvalue weighted by atomic mass is 16.5. The number of nitrogens with zero attached hydrogens (tertiary/aromatic N) is 1. The Bertz CT molecular complexity index is 453. The van der Waals surface area contributed by atoms with Gasteiger partial charge in [0, 0.05) is 38.1 Å². The van der Waals surface area contributed by atoms with E-state index in [1.807, 2.05) is 13.0 Å². The van der Waals surface area contributed by atoms with Crippen molar-refractivity contribution in [3.8, 4) is 0 Å². The number of amidine groups is 1. The summed E-state index contributed by atoms with van der Waals surface area (Å²) in [6.07, 6.45) is 2.23. The SMILES string of the molecule is Cc1ccc(N(C)CC2CCOCC2)c(C(=N)N)c1. The standard InChI is InChI=1S/C15H23N3O/c1-11-3-4-14(13(9-11)15(16)17)18(2)10-12-5-7-19-8-6-12/h3-4,9,12H,5-8,10H2,1-2H3,(H3,16,17). The minimum Gasteiger partial charge on any atom is -0.384 e. The van der Waals surface area contributed by atoms with Crippen LogP contribution in [-0.2, 0) is 4.74 Å². The first-order valence-corrected chi connectivity index (χ1v) is 6.82. The van der Waals surface area contributed by atoms with Crippen LogP contribution in [0.3, 0.4) is 0 Å². The third-order valence-electron chi connectivity index (χ3n) is 3.73. The highest BCUT2D eigenvalue weighted by molar-refractivity contribution is 6.00. The molecule has 1 saturated heterocycles. The molecule has 0 bridgehead atoms. The summed E-state index contributed by atoms with van der Waals surface area (Å²) in [5.41, 5.74) is 8.70. The van der Waals surface area contributed by atoms with Crippen LogP contribution in [-0.4, -0.2) is 32.6 Å². The number of ether oxygens (including phenoxy) is 1. The topological polar surface area (TPSA) is 62.3 Å². The van der Waals surface area contributed by atoms with Crippen LogP contribution in [0, 0.1) is 18.3 Å². The maximum atomic E-state index is 7.72. The van der Waals surface area contributed by atoms with Gasteiger partial charge in [0.25, 0.3) is 0 Å². The van der Waals surface area contributed by atoms with Crippen molar-refractivity contribution >= 4 is 11.5 Å². The van der Waals surface area contributed by atoms with Crippen LogP contribution in [0.4, 0.5) is 5.69 Å². The van der Waals surface area contributed by atoms with Gasteiger partial charge in [-0.25, -0.2) is 0 Å². The lowest BCUT2D eigenvalue weighted by Crippen LogP contribution is -2.31. The van der Waals surface area contributed by atoms with Crippen LogP contribution < -0.4 is 10.6 Å². The summed E-state index contributed by atoms with van der Waals surface area (Å²) in [6.45, 7) is 4.75. The van der Waals surface area contributed by atoms with Crippen LogP contribution in [0.1, 0.15) is 24.0 Å². The number of benzene rings is 1. The lowest BCUT2D eigenvalue weighted by molar-refractivity contribution is 0.0685. The Balaban J connectivity index is 2.13. The molecule has 0 unspecified atom stereocenters. The summed E-state index contributed by atoms with van der Waals surface area (Å²) in [7, 11) is 2.08. The van der Waals surface area contributed by atoms with E-state index in [0.717, 1.165) is 49.4 Å². The Morgan fingerprint density at radius 2 is 2.11 bits per heavy atom. The highest BCUT2D eigenvalue weighted by Crippen LogP contribution is 2.24. The zero-order valence-corrected chi connectivity index (χ0v) is 11.8. The van der Waals surface area contributed by atoms with Gasteiger partial charge < -0.3 is 15.4 Å². The summed E-state index contributed by atoms with van der Waals surface area (Å²) in [6, 6.07) is 6.12. The number of nitrogens with two attached hydrogens (primary N) is 1. The quantitative estimate of drug-likeness (QED) is 0.645. The molecule has 0 atom stereocenters. The van der Waals surface area contributed by atoms with Crippen LogP contribution in [0.25, 0.3) is 0 Å². The zero-order chi connectivity index (χ0) is 13.8. The molecule has 1 fully saturated rings. The summed E-state index contributed by atoms with van der Waals surface area (Å²) in [5.74, 6) is 0.803. The minimum absolute atomic E-state index is 0.137. The molecule has 4 nitrogen and oxygen atoms in total. The molecule has 3 N–H and O–H groups in total. The van der Waals surface area contributed by atoms with Gasteiger partial charge in [-0.3, -0.25) is 5.41 Å². The maximum Gasteiger partial charge on any atom is 0.124 e. The van der Waals surface area contributed by atoms with E-state index in [1.54, 1.807) is 0 Å². The van der Waals surface area contributed by atoms with Gasteiger partial charge in [0.2, 0.25) is 0 Å². The number of nitrogen functional groups attached to an aromatic ring is 1. The normalized spacial score (nSPS) is 16.3. The minimum atomic E-state index is 0.137. The van der Waals surface area contributed by atoms with E-state index in [0.29, 0.717) is 5.92 Å². The predicted molar refractivity (Wildman–Crippen MR) is 79.0 cm³/mol. The molecular weight excluding hydrogens is 238 g/mol. The molecule has 1 heterocycles. The van der Waals surface area contributed by atoms with Crippen molar-refractivity contribution < 1.29 is 4.74 Å². The largest absolute Gasteiger partial charge is 0.384 e. The summed E-state index contributed by atoms with van der Waals surface area (Å²) in [4.78, 5) is 2.21. The molecule has 1 aliphatic rings. The first kappa shape index (κ1) is 13.9. The Morgan fingerprint density at radius 3 is 2.74 bits per heavy atom. The monoisotopic (exact) mass is 261 g/mol. The molecule has 0 aromatic heterocycles. The molecule has 0 saturated carbocycles. The van der Waals surface area contributed by atoms with Gasteiger partial charge in [-0.05, 0) is 37.8 Å². The molecular formula is C15H23N3O. The Kier molecular flexibility index (Phi) is 4.43. The van der Waals surface area contributed by atoms with Crippen LogP contribution in [0.15, 0.2) is 18.2 Å². The van der Waals surface area contributed by atoms with Gasteiger partial charge >= 0.3 is 0 Å². The lowest BCUT2D eigenvalue weighted by atomic mass is 9.99. The van der Waals surface area contributed by atoms with Crippen LogP contribution in [0.5, 0.6) is 0 Å². The fourth-order valence-corrected chi connectivity index (χ4v) is 2.61. The average molecular weight is 261 g/mol. The maximum absolute atomic E-state index is 7.72. The second-order valence-electron chi connectivity index (χ2n) is 5.37. The van der Waals surface area contributed by atoms with E-state index in [2.05, 4.69) is 24.1 Å². The van der Waals surface area contributed by atoms with E-state index in [-0.39, 0.29) is 5.84 Å². The van der Waals surface area contributed by atoms with E-state index in [4.69, 9.17) is 15.9 Å². The van der Waals surface area contributed by atoms with Crippen molar-refractivity contribution in [1.29, 1.82) is 5.41 Å². The molecule has 4 heteroatoms. The number of aryl methyl sites for hydroxylation is 1. The molecule has 0 aliphatic carbocycles. The molecule has 19 heavy (non-hydrogen) atoms. The number of hydrogen-bond acceptors (Lipinski definition) is 3. The molecule has 1 aromatic carbocycles. The number of rotatable bonds is 4. The summed E-state index contributed by atoms with van der Waals surface area (Å²) in [5, 5.41) is 7.72. The Hall–Kier alpha value is -1.55. The van der Waals surface area contributed by atoms with Crippen molar-refractivity contribution in [2.75, 3.05) is 31.7 Å². The third kappa shape index (κ3) is 3.47. The first-order valence-electron chi connectivity index (χ1n) is 6.82. The second kappa shape index (κ2) is 6.06. The van der Waals surface area contributed by atoms with Crippen molar-refractivity contribution in [3.63, 3.8) is 0 Å². The smallest absolute Gasteiger partial charge is 0.124 e. The lowest BCUT2D eigenvalue weighted by Gasteiger charge is -2.29. The third-order valence-corrected chi connectivity index (χ3v) is 3.73. The number of nitrogens with one attached hydrogen (secondary N) is 1. The van der Waals surface area contributed by atoms with Gasteiger partial charge in [0.1, 0.15) is 5.84 Å². The van der Waals surface area contributed by atoms with Gasteiger partial charge in [0.05, 0.1) is 0 Å². The van der Waals surface area contributed by atoms with E-state index in [1.165, 1.54) is 0 Å². The van der Waals surface area contributed by atoms with Crippen molar-refractivity contribution in [1.82, 2.24) is 0 Å². The van der Waals surface area contributed by atoms with Crippen molar-refractivity contribution in [2.24, 2.45) is 11.7 Å². The molecule has 0 spiro atoms. The first-order chi connectivity index (χ1) is 9.08. The summed E-state index contributed by atoms with van der Waals surface area (Å²) >= 11 is 0. The Labute approximate surface area is 115 Å². The van der Waals surface area contributed by atoms with Gasteiger partial charge in [-0.2, -0.15) is 0 Å². The van der Waals surface area contributed by atoms with Crippen molar-refractivity contribution in [3.05, 3.63) is 29.3 Å². The molecule has 0 radical (unpaired) electrons. The number of anilines is 1. The fourth-order valence-electron chi connectivity index (χ4n) is 2.61. The Morgan fingerprint density at radius 1 is 1.42 bits per heavy atom. The number of hydrogen-bond donors (Lipinski definition) is 2. The molecule has 1 aliphatic heterocycles. The second-order valence-corrected chi connectivity index (χ2v) is 5.37.